The molecule has 3 rings (SSSR count). The molecule has 3 aromatic rings. The number of hydrogen-bond acceptors (Lipinski definition) is 4. The van der Waals surface area contributed by atoms with E-state index in [-0.39, 0.29) is 18.7 Å². The first-order valence-corrected chi connectivity index (χ1v) is 9.69. The zero-order valence-corrected chi connectivity index (χ0v) is 17.7. The van der Waals surface area contributed by atoms with Crippen LogP contribution in [0.5, 0.6) is 0 Å². The van der Waals surface area contributed by atoms with E-state index in [1.54, 1.807) is 42.1 Å². The van der Waals surface area contributed by atoms with Gasteiger partial charge in [-0.2, -0.15) is 0 Å². The SMILES string of the molecule is Cn1cc(Br)cc1C(=O)NNC(=O)CCc1ncc(-c2ccc(Cl)cc2Cl)o1. The van der Waals surface area contributed by atoms with Crippen molar-refractivity contribution in [1.82, 2.24) is 20.4 Å². The Morgan fingerprint density at radius 1 is 1.25 bits per heavy atom. The number of amides is 2. The van der Waals surface area contributed by atoms with E-state index in [1.165, 1.54) is 6.20 Å². The molecule has 146 valence electrons. The summed E-state index contributed by atoms with van der Waals surface area (Å²) in [5.74, 6) is 0.0803. The molecule has 0 bridgehead atoms. The Hall–Kier alpha value is -2.29. The van der Waals surface area contributed by atoms with Crippen LogP contribution in [0.3, 0.4) is 0 Å². The normalized spacial score (nSPS) is 10.7. The van der Waals surface area contributed by atoms with Crippen molar-refractivity contribution in [2.75, 3.05) is 0 Å². The molecule has 10 heteroatoms. The summed E-state index contributed by atoms with van der Waals surface area (Å²) < 4.78 is 8.05. The summed E-state index contributed by atoms with van der Waals surface area (Å²) in [6, 6.07) is 6.70. The predicted molar refractivity (Wildman–Crippen MR) is 109 cm³/mol. The first-order chi connectivity index (χ1) is 13.3. The number of hydrogen-bond donors (Lipinski definition) is 2. The van der Waals surface area contributed by atoms with Gasteiger partial charge in [0.1, 0.15) is 5.69 Å². The van der Waals surface area contributed by atoms with Crippen molar-refractivity contribution >= 4 is 50.9 Å². The Bertz CT molecular complexity index is 1030. The van der Waals surface area contributed by atoms with E-state index in [0.29, 0.717) is 33.0 Å². The van der Waals surface area contributed by atoms with E-state index in [4.69, 9.17) is 27.6 Å². The van der Waals surface area contributed by atoms with Gasteiger partial charge < -0.3 is 8.98 Å². The number of carbonyl (C=O) groups excluding carboxylic acids is 2. The van der Waals surface area contributed by atoms with Gasteiger partial charge in [0.05, 0.1) is 11.2 Å². The van der Waals surface area contributed by atoms with Gasteiger partial charge in [-0.15, -0.1) is 0 Å². The zero-order valence-electron chi connectivity index (χ0n) is 14.6. The number of hydrazine groups is 1. The lowest BCUT2D eigenvalue weighted by molar-refractivity contribution is -0.121. The van der Waals surface area contributed by atoms with E-state index >= 15 is 0 Å². The largest absolute Gasteiger partial charge is 0.441 e. The highest BCUT2D eigenvalue weighted by Gasteiger charge is 2.14. The average molecular weight is 486 g/mol. The summed E-state index contributed by atoms with van der Waals surface area (Å²) in [7, 11) is 1.73. The van der Waals surface area contributed by atoms with Crippen molar-refractivity contribution in [2.45, 2.75) is 12.8 Å². The Balaban J connectivity index is 1.52. The Morgan fingerprint density at radius 3 is 2.71 bits per heavy atom. The van der Waals surface area contributed by atoms with Crippen LogP contribution < -0.4 is 10.9 Å². The lowest BCUT2D eigenvalue weighted by Crippen LogP contribution is -2.42. The number of rotatable bonds is 5. The maximum Gasteiger partial charge on any atom is 0.286 e. The standard InChI is InChI=1S/C18H15BrCl2N4O3/c1-25-9-10(19)6-14(25)18(27)24-23-16(26)4-5-17-22-8-15(28-17)12-3-2-11(20)7-13(12)21/h2-3,6-9H,4-5H2,1H3,(H,23,26)(H,24,27). The van der Waals surface area contributed by atoms with Crippen LogP contribution >= 0.6 is 39.1 Å². The lowest BCUT2D eigenvalue weighted by Gasteiger charge is -2.07. The Labute approximate surface area is 179 Å². The van der Waals surface area contributed by atoms with Crippen molar-refractivity contribution < 1.29 is 14.0 Å². The fraction of sp³-hybridized carbons (Fsp3) is 0.167. The number of nitrogens with one attached hydrogen (secondary N) is 2. The average Bonchev–Trinajstić information content (AvgIpc) is 3.24. The summed E-state index contributed by atoms with van der Waals surface area (Å²) in [6.45, 7) is 0. The second kappa shape index (κ2) is 8.81. The molecule has 28 heavy (non-hydrogen) atoms. The highest BCUT2D eigenvalue weighted by molar-refractivity contribution is 9.10. The third-order valence-electron chi connectivity index (χ3n) is 3.84. The molecule has 0 radical (unpaired) electrons. The Kier molecular flexibility index (Phi) is 6.43. The molecule has 0 aliphatic carbocycles. The van der Waals surface area contributed by atoms with E-state index in [1.807, 2.05) is 0 Å². The van der Waals surface area contributed by atoms with Crippen LogP contribution in [0.15, 0.2) is 45.5 Å². The summed E-state index contributed by atoms with van der Waals surface area (Å²) in [4.78, 5) is 28.2. The molecular weight excluding hydrogens is 471 g/mol. The topological polar surface area (TPSA) is 89.2 Å². The molecule has 0 saturated heterocycles. The van der Waals surface area contributed by atoms with Crippen LogP contribution in [0.4, 0.5) is 0 Å². The monoisotopic (exact) mass is 484 g/mol. The van der Waals surface area contributed by atoms with Crippen molar-refractivity contribution in [2.24, 2.45) is 7.05 Å². The van der Waals surface area contributed by atoms with E-state index in [0.717, 1.165) is 4.47 Å². The van der Waals surface area contributed by atoms with E-state index in [2.05, 4.69) is 31.8 Å². The summed E-state index contributed by atoms with van der Waals surface area (Å²) in [5.41, 5.74) is 5.81. The number of aromatic nitrogens is 2. The van der Waals surface area contributed by atoms with Gasteiger partial charge in [-0.25, -0.2) is 4.98 Å². The fourth-order valence-electron chi connectivity index (χ4n) is 2.46. The molecule has 0 saturated carbocycles. The summed E-state index contributed by atoms with van der Waals surface area (Å²) in [6.07, 6.45) is 3.63. The van der Waals surface area contributed by atoms with Gasteiger partial charge in [-0.1, -0.05) is 23.2 Å². The number of carbonyl (C=O) groups is 2. The van der Waals surface area contributed by atoms with Gasteiger partial charge >= 0.3 is 0 Å². The van der Waals surface area contributed by atoms with Crippen LogP contribution in [0.2, 0.25) is 10.0 Å². The van der Waals surface area contributed by atoms with Crippen molar-refractivity contribution in [3.8, 4) is 11.3 Å². The molecule has 2 amide bonds. The van der Waals surface area contributed by atoms with Crippen LogP contribution in [-0.4, -0.2) is 21.4 Å². The lowest BCUT2D eigenvalue weighted by atomic mass is 10.2. The predicted octanol–water partition coefficient (Wildman–Crippen LogP) is 4.14. The molecule has 0 unspecified atom stereocenters. The molecule has 0 fully saturated rings. The molecule has 0 atom stereocenters. The maximum absolute atomic E-state index is 12.1. The van der Waals surface area contributed by atoms with Gasteiger partial charge in [-0.3, -0.25) is 20.4 Å². The van der Waals surface area contributed by atoms with Gasteiger partial charge in [0, 0.05) is 41.1 Å². The molecular formula is C18H15BrCl2N4O3. The minimum atomic E-state index is -0.419. The highest BCUT2D eigenvalue weighted by Crippen LogP contribution is 2.30. The van der Waals surface area contributed by atoms with E-state index < -0.39 is 5.91 Å². The molecule has 2 heterocycles. The van der Waals surface area contributed by atoms with Crippen LogP contribution in [0.25, 0.3) is 11.3 Å². The molecule has 2 aromatic heterocycles. The van der Waals surface area contributed by atoms with Crippen molar-refractivity contribution in [3.63, 3.8) is 0 Å². The number of nitrogens with zero attached hydrogens (tertiary/aromatic N) is 2. The zero-order chi connectivity index (χ0) is 20.3. The maximum atomic E-state index is 12.1. The Morgan fingerprint density at radius 2 is 2.04 bits per heavy atom. The third-order valence-corrected chi connectivity index (χ3v) is 4.82. The van der Waals surface area contributed by atoms with Crippen LogP contribution in [0, 0.1) is 0 Å². The quantitative estimate of drug-likeness (QED) is 0.531. The molecule has 0 aliphatic heterocycles. The van der Waals surface area contributed by atoms with Gasteiger partial charge in [0.15, 0.2) is 11.7 Å². The summed E-state index contributed by atoms with van der Waals surface area (Å²) >= 11 is 15.3. The first-order valence-electron chi connectivity index (χ1n) is 8.14. The minimum Gasteiger partial charge on any atom is -0.441 e. The van der Waals surface area contributed by atoms with Crippen LogP contribution in [0.1, 0.15) is 22.8 Å². The molecule has 7 nitrogen and oxygen atoms in total. The van der Waals surface area contributed by atoms with Crippen LogP contribution in [-0.2, 0) is 18.3 Å². The van der Waals surface area contributed by atoms with Gasteiger partial charge in [0.2, 0.25) is 5.91 Å². The minimum absolute atomic E-state index is 0.0887. The van der Waals surface area contributed by atoms with Crippen molar-refractivity contribution in [1.29, 1.82) is 0 Å². The molecule has 0 spiro atoms. The van der Waals surface area contributed by atoms with Gasteiger partial charge in [0.25, 0.3) is 5.91 Å². The summed E-state index contributed by atoms with van der Waals surface area (Å²) in [5, 5.41) is 0.970. The number of halogens is 3. The number of aryl methyl sites for hydroxylation is 2. The smallest absolute Gasteiger partial charge is 0.286 e. The second-order valence-electron chi connectivity index (χ2n) is 5.90. The molecule has 2 N–H and O–H groups in total. The first kappa shape index (κ1) is 20.4. The number of benzene rings is 1. The van der Waals surface area contributed by atoms with Gasteiger partial charge in [-0.05, 0) is 40.2 Å². The highest BCUT2D eigenvalue weighted by atomic mass is 79.9. The molecule has 0 aliphatic rings. The van der Waals surface area contributed by atoms with Crippen molar-refractivity contribution in [3.05, 3.63) is 62.8 Å². The number of oxazole rings is 1. The third kappa shape index (κ3) is 4.95. The second-order valence-corrected chi connectivity index (χ2v) is 7.66. The fourth-order valence-corrected chi connectivity index (χ4v) is 3.49. The van der Waals surface area contributed by atoms with E-state index in [9.17, 15) is 9.59 Å². The molecule has 1 aromatic carbocycles.